The normalized spacial score (nSPS) is 22.1. The molecule has 1 aliphatic carbocycles. The summed E-state index contributed by atoms with van der Waals surface area (Å²) in [6.07, 6.45) is 1.98. The van der Waals surface area contributed by atoms with Crippen molar-refractivity contribution in [3.63, 3.8) is 0 Å². The number of benzene rings is 2. The van der Waals surface area contributed by atoms with Crippen molar-refractivity contribution in [2.75, 3.05) is 38.2 Å². The van der Waals surface area contributed by atoms with Gasteiger partial charge in [0.1, 0.15) is 0 Å². The number of carbonyl (C=O) groups excluding carboxylic acids is 3. The second kappa shape index (κ2) is 12.5. The average Bonchev–Trinajstić information content (AvgIpc) is 2.93. The van der Waals surface area contributed by atoms with Gasteiger partial charge in [0, 0.05) is 44.2 Å². The van der Waals surface area contributed by atoms with E-state index in [1.54, 1.807) is 0 Å². The number of nitrogens with zero attached hydrogens (tertiary/aromatic N) is 2. The Kier molecular flexibility index (Phi) is 8.95. The van der Waals surface area contributed by atoms with Crippen LogP contribution < -0.4 is 10.4 Å². The van der Waals surface area contributed by atoms with Gasteiger partial charge in [-0.15, -0.1) is 0 Å². The second-order valence-electron chi connectivity index (χ2n) is 9.56. The number of para-hydroxylation sites is 1. The molecule has 1 saturated heterocycles. The summed E-state index contributed by atoms with van der Waals surface area (Å²) in [7, 11) is 1.37. The number of esters is 1. The van der Waals surface area contributed by atoms with Crippen molar-refractivity contribution >= 4 is 23.5 Å². The van der Waals surface area contributed by atoms with Crippen LogP contribution in [0.25, 0.3) is 0 Å². The lowest BCUT2D eigenvalue weighted by molar-refractivity contribution is -0.152. The number of hydrogen-bond donors (Lipinski definition) is 1. The minimum atomic E-state index is -0.552. The molecular formula is C28H35N3O5. The minimum absolute atomic E-state index is 0.00120. The van der Waals surface area contributed by atoms with E-state index in [4.69, 9.17) is 9.57 Å². The minimum Gasteiger partial charge on any atom is -0.469 e. The highest BCUT2D eigenvalue weighted by molar-refractivity contribution is 5.88. The van der Waals surface area contributed by atoms with E-state index in [1.165, 1.54) is 7.11 Å². The number of anilines is 1. The van der Waals surface area contributed by atoms with Gasteiger partial charge in [-0.05, 0) is 42.9 Å². The van der Waals surface area contributed by atoms with Crippen molar-refractivity contribution in [1.29, 1.82) is 0 Å². The van der Waals surface area contributed by atoms with Gasteiger partial charge in [-0.3, -0.25) is 19.2 Å². The molecule has 1 saturated carbocycles. The van der Waals surface area contributed by atoms with Gasteiger partial charge in [-0.1, -0.05) is 48.5 Å². The molecule has 8 nitrogen and oxygen atoms in total. The largest absolute Gasteiger partial charge is 0.469 e. The van der Waals surface area contributed by atoms with Crippen LogP contribution in [-0.4, -0.2) is 56.0 Å². The summed E-state index contributed by atoms with van der Waals surface area (Å²) < 4.78 is 4.83. The highest BCUT2D eigenvalue weighted by Crippen LogP contribution is 2.37. The van der Waals surface area contributed by atoms with Crippen LogP contribution >= 0.6 is 0 Å². The molecule has 2 aliphatic rings. The maximum Gasteiger partial charge on any atom is 0.305 e. The molecule has 0 aromatic heterocycles. The third kappa shape index (κ3) is 6.63. The molecule has 4 rings (SSSR count). The van der Waals surface area contributed by atoms with Crippen molar-refractivity contribution in [1.82, 2.24) is 10.4 Å². The fourth-order valence-corrected chi connectivity index (χ4v) is 5.25. The number of carbonyl (C=O) groups is 3. The van der Waals surface area contributed by atoms with E-state index in [0.29, 0.717) is 32.4 Å². The highest BCUT2D eigenvalue weighted by Gasteiger charge is 2.42. The lowest BCUT2D eigenvalue weighted by Gasteiger charge is -2.40. The number of nitrogens with one attached hydrogen (secondary N) is 1. The number of amides is 2. The fraction of sp³-hybridized carbons (Fsp3) is 0.464. The Balaban J connectivity index is 1.38. The van der Waals surface area contributed by atoms with Gasteiger partial charge in [0.05, 0.1) is 19.6 Å². The molecule has 1 aliphatic heterocycles. The first-order chi connectivity index (χ1) is 17.5. The molecule has 2 aromatic rings. The third-order valence-corrected chi connectivity index (χ3v) is 7.26. The van der Waals surface area contributed by atoms with Crippen molar-refractivity contribution < 1.29 is 24.0 Å². The summed E-state index contributed by atoms with van der Waals surface area (Å²) in [5.41, 5.74) is 4.66. The maximum atomic E-state index is 13.6. The fourth-order valence-electron chi connectivity index (χ4n) is 5.25. The van der Waals surface area contributed by atoms with Crippen molar-refractivity contribution in [3.8, 4) is 0 Å². The van der Waals surface area contributed by atoms with E-state index in [0.717, 1.165) is 24.3 Å². The van der Waals surface area contributed by atoms with Gasteiger partial charge < -0.3 is 14.5 Å². The van der Waals surface area contributed by atoms with Crippen LogP contribution in [-0.2, 0) is 30.6 Å². The Morgan fingerprint density at radius 3 is 2.22 bits per heavy atom. The first kappa shape index (κ1) is 25.7. The molecule has 1 N–H and O–H groups in total. The zero-order valence-corrected chi connectivity index (χ0v) is 20.8. The van der Waals surface area contributed by atoms with E-state index < -0.39 is 11.8 Å². The lowest BCUT2D eigenvalue weighted by atomic mass is 9.72. The van der Waals surface area contributed by atoms with Crippen LogP contribution in [0.5, 0.6) is 0 Å². The highest BCUT2D eigenvalue weighted by atomic mass is 16.6. The van der Waals surface area contributed by atoms with E-state index in [1.807, 2.05) is 53.4 Å². The van der Waals surface area contributed by atoms with Gasteiger partial charge in [0.15, 0.2) is 0 Å². The summed E-state index contributed by atoms with van der Waals surface area (Å²) >= 11 is 0. The second-order valence-corrected chi connectivity index (χ2v) is 9.56. The van der Waals surface area contributed by atoms with Gasteiger partial charge in [0.25, 0.3) is 0 Å². The molecular weight excluding hydrogens is 458 g/mol. The number of hydroxylamine groups is 1. The van der Waals surface area contributed by atoms with Crippen LogP contribution in [0.2, 0.25) is 0 Å². The standard InChI is InChI=1S/C28H35N3O5/c1-35-26(32)19-22-12-13-24(25(18-22)27(33)29-36-20-21-8-4-2-5-9-21)28(34)31-16-14-30(15-17-31)23-10-6-3-7-11-23/h2-11,22,24-25H,12-20H2,1H3,(H,29,33)/t22?,24-,25-/m0/s1. The van der Waals surface area contributed by atoms with Crippen molar-refractivity contribution in [2.45, 2.75) is 32.3 Å². The van der Waals surface area contributed by atoms with Gasteiger partial charge in [0.2, 0.25) is 11.8 Å². The quantitative estimate of drug-likeness (QED) is 0.449. The van der Waals surface area contributed by atoms with E-state index in [9.17, 15) is 14.4 Å². The first-order valence-electron chi connectivity index (χ1n) is 12.7. The molecule has 0 bridgehead atoms. The van der Waals surface area contributed by atoms with Crippen LogP contribution in [0.15, 0.2) is 60.7 Å². The molecule has 1 unspecified atom stereocenters. The number of methoxy groups -OCH3 is 1. The molecule has 36 heavy (non-hydrogen) atoms. The molecule has 2 fully saturated rings. The van der Waals surface area contributed by atoms with Crippen LogP contribution in [0.3, 0.4) is 0 Å². The van der Waals surface area contributed by atoms with Gasteiger partial charge in [-0.25, -0.2) is 5.48 Å². The number of piperazine rings is 1. The molecule has 8 heteroatoms. The van der Waals surface area contributed by atoms with Gasteiger partial charge >= 0.3 is 5.97 Å². The van der Waals surface area contributed by atoms with Crippen LogP contribution in [0.4, 0.5) is 5.69 Å². The monoisotopic (exact) mass is 493 g/mol. The van der Waals surface area contributed by atoms with Crippen molar-refractivity contribution in [2.24, 2.45) is 17.8 Å². The maximum absolute atomic E-state index is 13.6. The first-order valence-corrected chi connectivity index (χ1v) is 12.7. The molecule has 3 atom stereocenters. The Bertz CT molecular complexity index is 1010. The third-order valence-electron chi connectivity index (χ3n) is 7.26. The molecule has 1 heterocycles. The predicted molar refractivity (Wildman–Crippen MR) is 136 cm³/mol. The van der Waals surface area contributed by atoms with Crippen LogP contribution in [0, 0.1) is 17.8 Å². The summed E-state index contributed by atoms with van der Waals surface area (Å²) in [5, 5.41) is 0. The number of hydrogen-bond acceptors (Lipinski definition) is 6. The SMILES string of the molecule is COC(=O)CC1CC[C@H](C(=O)N2CCN(c3ccccc3)CC2)[C@@H](C(=O)NOCc2ccccc2)C1. The Labute approximate surface area is 212 Å². The smallest absolute Gasteiger partial charge is 0.305 e. The van der Waals surface area contributed by atoms with E-state index in [2.05, 4.69) is 22.5 Å². The van der Waals surface area contributed by atoms with E-state index >= 15 is 0 Å². The summed E-state index contributed by atoms with van der Waals surface area (Å²) in [5.74, 6) is -1.56. The van der Waals surface area contributed by atoms with Gasteiger partial charge in [-0.2, -0.15) is 0 Å². The van der Waals surface area contributed by atoms with E-state index in [-0.39, 0.29) is 36.7 Å². The lowest BCUT2D eigenvalue weighted by Crippen LogP contribution is -2.53. The number of rotatable bonds is 8. The van der Waals surface area contributed by atoms with Crippen molar-refractivity contribution in [3.05, 3.63) is 66.2 Å². The Morgan fingerprint density at radius 2 is 1.56 bits per heavy atom. The zero-order chi connectivity index (χ0) is 25.3. The average molecular weight is 494 g/mol. The Hall–Kier alpha value is -3.39. The Morgan fingerprint density at radius 1 is 0.889 bits per heavy atom. The van der Waals surface area contributed by atoms with Crippen LogP contribution in [0.1, 0.15) is 31.2 Å². The molecule has 0 spiro atoms. The molecule has 192 valence electrons. The summed E-state index contributed by atoms with van der Waals surface area (Å²) in [6, 6.07) is 19.8. The summed E-state index contributed by atoms with van der Waals surface area (Å²) in [4.78, 5) is 48.3. The predicted octanol–water partition coefficient (Wildman–Crippen LogP) is 3.18. The topological polar surface area (TPSA) is 88.2 Å². The molecule has 2 aromatic carbocycles. The number of ether oxygens (including phenoxy) is 1. The molecule has 0 radical (unpaired) electrons. The zero-order valence-electron chi connectivity index (χ0n) is 20.8. The summed E-state index contributed by atoms with van der Waals surface area (Å²) in [6.45, 7) is 2.99. The molecule has 2 amide bonds.